The molecule has 2 heteroatoms. The van der Waals surface area contributed by atoms with Crippen molar-refractivity contribution < 1.29 is 0 Å². The van der Waals surface area contributed by atoms with Crippen LogP contribution in [0.5, 0.6) is 0 Å². The number of hydrogen-bond acceptors (Lipinski definition) is 0. The van der Waals surface area contributed by atoms with Crippen LogP contribution in [0.2, 0.25) is 0 Å². The molecule has 0 aliphatic carbocycles. The third kappa shape index (κ3) is 2.47. The fourth-order valence-corrected chi connectivity index (χ4v) is 2.03. The maximum atomic E-state index is 3.41. The molecule has 0 heterocycles. The van der Waals surface area contributed by atoms with Crippen LogP contribution in [0.25, 0.3) is 0 Å². The Labute approximate surface area is 65.2 Å². The van der Waals surface area contributed by atoms with Gasteiger partial charge in [0, 0.05) is 0 Å². The molecule has 0 aliphatic rings. The van der Waals surface area contributed by atoms with Crippen molar-refractivity contribution >= 4 is 22.8 Å². The van der Waals surface area contributed by atoms with Crippen LogP contribution in [-0.2, 0) is 6.16 Å². The van der Waals surface area contributed by atoms with Gasteiger partial charge >= 0.3 is 0 Å². The molecule has 1 atom stereocenters. The first-order valence-electron chi connectivity index (χ1n) is 2.81. The molecule has 0 fully saturated rings. The predicted octanol–water partition coefficient (Wildman–Crippen LogP) is 3.18. The second-order valence-electron chi connectivity index (χ2n) is 1.80. The quantitative estimate of drug-likeness (QED) is 0.647. The number of rotatable bonds is 2. The molecule has 1 rings (SSSR count). The summed E-state index contributed by atoms with van der Waals surface area (Å²) in [6, 6.07) is 10.5. The molecule has 0 saturated carbocycles. The summed E-state index contributed by atoms with van der Waals surface area (Å²) >= 11 is 3.41. The van der Waals surface area contributed by atoms with E-state index in [1.54, 1.807) is 0 Å². The summed E-state index contributed by atoms with van der Waals surface area (Å²) in [5, 5.41) is 0. The monoisotopic (exact) mass is 202 g/mol. The smallest absolute Gasteiger partial charge is 0.000202 e. The lowest BCUT2D eigenvalue weighted by atomic mass is 10.2. The standard InChI is InChI=1S/C7H8BrP/c8-9-6-7-4-2-1-3-5-7/h1-5,9H,6H2. The first-order chi connectivity index (χ1) is 4.43. The summed E-state index contributed by atoms with van der Waals surface area (Å²) in [6.45, 7) is 0. The zero-order chi connectivity index (χ0) is 6.53. The largest absolute Gasteiger partial charge is 0.0639 e. The van der Waals surface area contributed by atoms with Crippen molar-refractivity contribution in [1.29, 1.82) is 0 Å². The lowest BCUT2D eigenvalue weighted by Gasteiger charge is -1.92. The van der Waals surface area contributed by atoms with Crippen LogP contribution < -0.4 is 0 Å². The van der Waals surface area contributed by atoms with E-state index in [4.69, 9.17) is 0 Å². The molecular formula is C7H8BrP. The molecule has 0 aromatic heterocycles. The number of hydrogen-bond donors (Lipinski definition) is 0. The van der Waals surface area contributed by atoms with Gasteiger partial charge in [-0.3, -0.25) is 0 Å². The molecule has 1 unspecified atom stereocenters. The van der Waals surface area contributed by atoms with E-state index in [0.29, 0.717) is 0 Å². The van der Waals surface area contributed by atoms with Crippen molar-refractivity contribution in [3.05, 3.63) is 35.9 Å². The summed E-state index contributed by atoms with van der Waals surface area (Å²) in [4.78, 5) is 0. The van der Waals surface area contributed by atoms with Crippen LogP contribution in [-0.4, -0.2) is 0 Å². The molecule has 1 aromatic carbocycles. The first-order valence-corrected chi connectivity index (χ1v) is 6.27. The third-order valence-electron chi connectivity index (χ3n) is 1.11. The molecule has 0 amide bonds. The molecule has 0 saturated heterocycles. The van der Waals surface area contributed by atoms with Crippen LogP contribution in [0.15, 0.2) is 30.3 Å². The highest BCUT2D eigenvalue weighted by Crippen LogP contribution is 2.24. The Bertz CT molecular complexity index is 162. The normalized spacial score (nSPS) is 10.8. The van der Waals surface area contributed by atoms with Crippen LogP contribution >= 0.6 is 22.8 Å². The summed E-state index contributed by atoms with van der Waals surface area (Å²) in [6.07, 6.45) is 1.15. The van der Waals surface area contributed by atoms with E-state index >= 15 is 0 Å². The second-order valence-corrected chi connectivity index (χ2v) is 4.10. The Morgan fingerprint density at radius 1 is 1.22 bits per heavy atom. The second kappa shape index (κ2) is 4.03. The highest BCUT2D eigenvalue weighted by Gasteiger charge is 1.85. The first kappa shape index (κ1) is 7.24. The summed E-state index contributed by atoms with van der Waals surface area (Å²) in [5.74, 6) is 0. The summed E-state index contributed by atoms with van der Waals surface area (Å²) in [5.41, 5.74) is 1.41. The summed E-state index contributed by atoms with van der Waals surface area (Å²) in [7, 11) is 0.848. The lowest BCUT2D eigenvalue weighted by molar-refractivity contribution is 1.42. The van der Waals surface area contributed by atoms with Crippen molar-refractivity contribution in [3.63, 3.8) is 0 Å². The van der Waals surface area contributed by atoms with Gasteiger partial charge in [-0.1, -0.05) is 45.8 Å². The van der Waals surface area contributed by atoms with Gasteiger partial charge in [-0.2, -0.15) is 0 Å². The highest BCUT2D eigenvalue weighted by molar-refractivity contribution is 9.36. The van der Waals surface area contributed by atoms with E-state index in [1.807, 2.05) is 6.07 Å². The van der Waals surface area contributed by atoms with E-state index < -0.39 is 0 Å². The molecule has 0 radical (unpaired) electrons. The minimum atomic E-state index is 0.848. The van der Waals surface area contributed by atoms with E-state index in [1.165, 1.54) is 5.56 Å². The molecular weight excluding hydrogens is 195 g/mol. The number of halogens is 1. The summed E-state index contributed by atoms with van der Waals surface area (Å²) < 4.78 is 0. The van der Waals surface area contributed by atoms with Crippen molar-refractivity contribution in [2.45, 2.75) is 6.16 Å². The highest BCUT2D eigenvalue weighted by atomic mass is 79.9. The average molecular weight is 203 g/mol. The van der Waals surface area contributed by atoms with Gasteiger partial charge in [0.2, 0.25) is 0 Å². The van der Waals surface area contributed by atoms with Crippen LogP contribution in [0, 0.1) is 0 Å². The fraction of sp³-hybridized carbons (Fsp3) is 0.143. The minimum Gasteiger partial charge on any atom is -0.0639 e. The maximum Gasteiger partial charge on any atom is -0.000202 e. The minimum absolute atomic E-state index is 0.848. The van der Waals surface area contributed by atoms with Crippen LogP contribution in [0.4, 0.5) is 0 Å². The molecule has 48 valence electrons. The Hall–Kier alpha value is 0.130. The van der Waals surface area contributed by atoms with Gasteiger partial charge in [-0.15, -0.1) is 0 Å². The Morgan fingerprint density at radius 2 is 1.89 bits per heavy atom. The van der Waals surface area contributed by atoms with Gasteiger partial charge in [0.1, 0.15) is 0 Å². The van der Waals surface area contributed by atoms with E-state index in [9.17, 15) is 0 Å². The Kier molecular flexibility index (Phi) is 3.24. The lowest BCUT2D eigenvalue weighted by Crippen LogP contribution is -1.72. The van der Waals surface area contributed by atoms with Crippen LogP contribution in [0.3, 0.4) is 0 Å². The molecule has 0 aliphatic heterocycles. The van der Waals surface area contributed by atoms with Crippen LogP contribution in [0.1, 0.15) is 5.56 Å². The zero-order valence-electron chi connectivity index (χ0n) is 4.97. The Morgan fingerprint density at radius 3 is 2.44 bits per heavy atom. The molecule has 1 aromatic rings. The van der Waals surface area contributed by atoms with E-state index in [0.717, 1.165) is 13.4 Å². The molecule has 0 N–H and O–H groups in total. The van der Waals surface area contributed by atoms with Gasteiger partial charge in [-0.25, -0.2) is 0 Å². The van der Waals surface area contributed by atoms with Crippen molar-refractivity contribution in [2.24, 2.45) is 0 Å². The predicted molar refractivity (Wildman–Crippen MR) is 47.4 cm³/mol. The topological polar surface area (TPSA) is 0 Å². The molecule has 9 heavy (non-hydrogen) atoms. The maximum absolute atomic E-state index is 3.41. The molecule has 0 bridgehead atoms. The van der Waals surface area contributed by atoms with Crippen molar-refractivity contribution in [1.82, 2.24) is 0 Å². The third-order valence-corrected chi connectivity index (χ3v) is 2.50. The molecule has 0 nitrogen and oxygen atoms in total. The SMILES string of the molecule is BrPCc1ccccc1. The van der Waals surface area contributed by atoms with E-state index in [-0.39, 0.29) is 0 Å². The zero-order valence-corrected chi connectivity index (χ0v) is 7.56. The van der Waals surface area contributed by atoms with Crippen molar-refractivity contribution in [2.75, 3.05) is 0 Å². The van der Waals surface area contributed by atoms with Gasteiger partial charge in [-0.05, 0) is 19.0 Å². The van der Waals surface area contributed by atoms with Gasteiger partial charge in [0.25, 0.3) is 0 Å². The van der Waals surface area contributed by atoms with E-state index in [2.05, 4.69) is 39.8 Å². The Balaban J connectivity index is 2.61. The van der Waals surface area contributed by atoms with Gasteiger partial charge in [0.15, 0.2) is 0 Å². The van der Waals surface area contributed by atoms with Gasteiger partial charge < -0.3 is 0 Å². The molecule has 0 spiro atoms. The fourth-order valence-electron chi connectivity index (χ4n) is 0.673. The average Bonchev–Trinajstić information content (AvgIpc) is 1.91. The van der Waals surface area contributed by atoms with Crippen molar-refractivity contribution in [3.8, 4) is 0 Å². The van der Waals surface area contributed by atoms with Gasteiger partial charge in [0.05, 0.1) is 0 Å². The number of benzene rings is 1.